The van der Waals surface area contributed by atoms with E-state index in [4.69, 9.17) is 4.74 Å². The van der Waals surface area contributed by atoms with E-state index in [9.17, 15) is 4.39 Å². The first-order chi connectivity index (χ1) is 9.84. The standard InChI is InChI=1S/C16H23FN2O/c17-15-3-1-2-14(12-15)16(13-4-10-20-11-5-13)19-8-6-18-7-9-19/h1-3,12-13,16,18H,4-11H2/t16-/m0/s1. The van der Waals surface area contributed by atoms with Crippen LogP contribution in [0.3, 0.4) is 0 Å². The monoisotopic (exact) mass is 278 g/mol. The molecule has 1 N–H and O–H groups in total. The summed E-state index contributed by atoms with van der Waals surface area (Å²) in [6.07, 6.45) is 2.15. The summed E-state index contributed by atoms with van der Waals surface area (Å²) in [6.45, 7) is 5.80. The molecule has 2 heterocycles. The minimum Gasteiger partial charge on any atom is -0.381 e. The van der Waals surface area contributed by atoms with Crippen molar-refractivity contribution in [1.29, 1.82) is 0 Å². The van der Waals surface area contributed by atoms with E-state index in [1.54, 1.807) is 6.07 Å². The Labute approximate surface area is 120 Å². The molecule has 2 aliphatic heterocycles. The number of hydrogen-bond donors (Lipinski definition) is 1. The predicted octanol–water partition coefficient (Wildman–Crippen LogP) is 2.20. The first kappa shape index (κ1) is 14.0. The van der Waals surface area contributed by atoms with Gasteiger partial charge in [0, 0.05) is 45.4 Å². The average molecular weight is 278 g/mol. The number of piperazine rings is 1. The molecule has 0 saturated carbocycles. The molecule has 0 spiro atoms. The molecular formula is C16H23FN2O. The molecule has 1 aromatic carbocycles. The van der Waals surface area contributed by atoms with Crippen molar-refractivity contribution in [1.82, 2.24) is 10.2 Å². The molecule has 20 heavy (non-hydrogen) atoms. The Morgan fingerprint density at radius 2 is 1.95 bits per heavy atom. The highest BCUT2D eigenvalue weighted by molar-refractivity contribution is 5.21. The third-order valence-corrected chi connectivity index (χ3v) is 4.45. The van der Waals surface area contributed by atoms with E-state index in [2.05, 4.69) is 16.3 Å². The van der Waals surface area contributed by atoms with Crippen molar-refractivity contribution < 1.29 is 9.13 Å². The van der Waals surface area contributed by atoms with Crippen molar-refractivity contribution in [2.24, 2.45) is 5.92 Å². The summed E-state index contributed by atoms with van der Waals surface area (Å²) in [4.78, 5) is 2.52. The van der Waals surface area contributed by atoms with E-state index in [0.717, 1.165) is 57.8 Å². The Kier molecular flexibility index (Phi) is 4.65. The highest BCUT2D eigenvalue weighted by Gasteiger charge is 2.31. The molecule has 0 aliphatic carbocycles. The zero-order valence-corrected chi connectivity index (χ0v) is 11.9. The van der Waals surface area contributed by atoms with Crippen LogP contribution in [0.1, 0.15) is 24.4 Å². The molecule has 0 unspecified atom stereocenters. The highest BCUT2D eigenvalue weighted by atomic mass is 19.1. The van der Waals surface area contributed by atoms with Crippen molar-refractivity contribution in [2.45, 2.75) is 18.9 Å². The third-order valence-electron chi connectivity index (χ3n) is 4.45. The lowest BCUT2D eigenvalue weighted by molar-refractivity contribution is 0.0212. The van der Waals surface area contributed by atoms with Crippen LogP contribution in [0.2, 0.25) is 0 Å². The van der Waals surface area contributed by atoms with E-state index >= 15 is 0 Å². The molecule has 4 heteroatoms. The van der Waals surface area contributed by atoms with Gasteiger partial charge in [-0.15, -0.1) is 0 Å². The fraction of sp³-hybridized carbons (Fsp3) is 0.625. The van der Waals surface area contributed by atoms with Crippen LogP contribution in [0.4, 0.5) is 4.39 Å². The van der Waals surface area contributed by atoms with Gasteiger partial charge >= 0.3 is 0 Å². The van der Waals surface area contributed by atoms with Crippen LogP contribution >= 0.6 is 0 Å². The molecule has 0 amide bonds. The van der Waals surface area contributed by atoms with Gasteiger partial charge in [-0.25, -0.2) is 4.39 Å². The Hall–Kier alpha value is -0.970. The normalized spacial score (nSPS) is 23.6. The lowest BCUT2D eigenvalue weighted by Crippen LogP contribution is -2.47. The van der Waals surface area contributed by atoms with Crippen LogP contribution in [0, 0.1) is 11.7 Å². The van der Waals surface area contributed by atoms with Crippen molar-refractivity contribution >= 4 is 0 Å². The van der Waals surface area contributed by atoms with Crippen molar-refractivity contribution in [3.8, 4) is 0 Å². The van der Waals surface area contributed by atoms with Gasteiger partial charge in [0.2, 0.25) is 0 Å². The van der Waals surface area contributed by atoms with Gasteiger partial charge in [-0.3, -0.25) is 4.90 Å². The molecule has 0 radical (unpaired) electrons. The highest BCUT2D eigenvalue weighted by Crippen LogP contribution is 2.35. The predicted molar refractivity (Wildman–Crippen MR) is 77.1 cm³/mol. The first-order valence-electron chi connectivity index (χ1n) is 7.62. The maximum atomic E-state index is 13.6. The summed E-state index contributed by atoms with van der Waals surface area (Å²) >= 11 is 0. The summed E-state index contributed by atoms with van der Waals surface area (Å²) < 4.78 is 19.1. The van der Waals surface area contributed by atoms with E-state index in [1.807, 2.05) is 6.07 Å². The first-order valence-corrected chi connectivity index (χ1v) is 7.62. The van der Waals surface area contributed by atoms with Crippen LogP contribution in [-0.4, -0.2) is 44.3 Å². The molecule has 3 nitrogen and oxygen atoms in total. The molecule has 1 atom stereocenters. The molecule has 2 fully saturated rings. The Morgan fingerprint density at radius 1 is 1.20 bits per heavy atom. The summed E-state index contributed by atoms with van der Waals surface area (Å²) in [7, 11) is 0. The summed E-state index contributed by atoms with van der Waals surface area (Å²) in [5.41, 5.74) is 1.12. The summed E-state index contributed by atoms with van der Waals surface area (Å²) in [5.74, 6) is 0.443. The van der Waals surface area contributed by atoms with Gasteiger partial charge < -0.3 is 10.1 Å². The topological polar surface area (TPSA) is 24.5 Å². The number of nitrogens with zero attached hydrogens (tertiary/aromatic N) is 1. The smallest absolute Gasteiger partial charge is 0.123 e. The lowest BCUT2D eigenvalue weighted by Gasteiger charge is -2.41. The van der Waals surface area contributed by atoms with Crippen LogP contribution in [0.15, 0.2) is 24.3 Å². The van der Waals surface area contributed by atoms with Crippen LogP contribution in [0.25, 0.3) is 0 Å². The third kappa shape index (κ3) is 3.19. The largest absolute Gasteiger partial charge is 0.381 e. The van der Waals surface area contributed by atoms with Crippen molar-refractivity contribution in [3.63, 3.8) is 0 Å². The molecule has 110 valence electrons. The lowest BCUT2D eigenvalue weighted by atomic mass is 9.85. The average Bonchev–Trinajstić information content (AvgIpc) is 2.50. The maximum absolute atomic E-state index is 13.6. The second-order valence-corrected chi connectivity index (χ2v) is 5.74. The molecule has 2 saturated heterocycles. The minimum atomic E-state index is -0.130. The van der Waals surface area contributed by atoms with Gasteiger partial charge in [-0.05, 0) is 36.5 Å². The number of halogens is 1. The van der Waals surface area contributed by atoms with Crippen molar-refractivity contribution in [3.05, 3.63) is 35.6 Å². The van der Waals surface area contributed by atoms with E-state index in [0.29, 0.717) is 12.0 Å². The number of ether oxygens (including phenoxy) is 1. The second kappa shape index (κ2) is 6.66. The molecule has 3 rings (SSSR count). The quantitative estimate of drug-likeness (QED) is 0.917. The molecule has 2 aliphatic rings. The van der Waals surface area contributed by atoms with Gasteiger partial charge in [-0.2, -0.15) is 0 Å². The minimum absolute atomic E-state index is 0.130. The van der Waals surface area contributed by atoms with Gasteiger partial charge in [0.15, 0.2) is 0 Å². The number of hydrogen-bond acceptors (Lipinski definition) is 3. The van der Waals surface area contributed by atoms with Crippen molar-refractivity contribution in [2.75, 3.05) is 39.4 Å². The Bertz CT molecular complexity index is 410. The Morgan fingerprint density at radius 3 is 2.65 bits per heavy atom. The zero-order chi connectivity index (χ0) is 13.8. The van der Waals surface area contributed by atoms with Gasteiger partial charge in [0.25, 0.3) is 0 Å². The fourth-order valence-corrected chi connectivity index (χ4v) is 3.46. The van der Waals surface area contributed by atoms with Gasteiger partial charge in [0.05, 0.1) is 0 Å². The molecule has 0 aromatic heterocycles. The van der Waals surface area contributed by atoms with E-state index in [1.165, 1.54) is 6.07 Å². The zero-order valence-electron chi connectivity index (χ0n) is 11.9. The van der Waals surface area contributed by atoms with Crippen LogP contribution in [-0.2, 0) is 4.74 Å². The molecule has 1 aromatic rings. The van der Waals surface area contributed by atoms with Gasteiger partial charge in [-0.1, -0.05) is 12.1 Å². The SMILES string of the molecule is Fc1cccc([C@H](C2CCOCC2)N2CCNCC2)c1. The number of nitrogens with one attached hydrogen (secondary N) is 1. The van der Waals surface area contributed by atoms with Crippen LogP contribution < -0.4 is 5.32 Å². The van der Waals surface area contributed by atoms with E-state index < -0.39 is 0 Å². The summed E-state index contributed by atoms with van der Waals surface area (Å²) in [6, 6.07) is 7.48. The maximum Gasteiger partial charge on any atom is 0.123 e. The number of rotatable bonds is 3. The summed E-state index contributed by atoms with van der Waals surface area (Å²) in [5, 5.41) is 3.39. The number of benzene rings is 1. The Balaban J connectivity index is 1.85. The molecule has 0 bridgehead atoms. The molecular weight excluding hydrogens is 255 g/mol. The van der Waals surface area contributed by atoms with Gasteiger partial charge in [0.1, 0.15) is 5.82 Å². The second-order valence-electron chi connectivity index (χ2n) is 5.74. The van der Waals surface area contributed by atoms with Crippen LogP contribution in [0.5, 0.6) is 0 Å². The van der Waals surface area contributed by atoms with E-state index in [-0.39, 0.29) is 5.82 Å². The fourth-order valence-electron chi connectivity index (χ4n) is 3.46.